The molecule has 7 rings (SSSR count). The Morgan fingerprint density at radius 1 is 0.800 bits per heavy atom. The standard InChI is InChI=1S/C24H14BrCl2NO2/c25-24-14-8-3-1-6-12(14)18(13-7-2-4-9-15(13)24)19-20(24)23(30)28(22(19)29)17-11-5-10-16(26)21(17)27/h1-11,18-20H/t18?,19-,20-,24?/m0/s1. The number of hydrogen-bond donors (Lipinski definition) is 0. The molecule has 0 aromatic heterocycles. The third-order valence-corrected chi connectivity index (χ3v) is 8.84. The van der Waals surface area contributed by atoms with E-state index < -0.39 is 16.2 Å². The fourth-order valence-corrected chi connectivity index (χ4v) is 7.16. The van der Waals surface area contributed by atoms with Crippen molar-refractivity contribution in [1.82, 2.24) is 0 Å². The first-order chi connectivity index (χ1) is 14.5. The number of alkyl halides is 1. The Hall–Kier alpha value is -2.14. The molecule has 2 atom stereocenters. The highest BCUT2D eigenvalue weighted by Crippen LogP contribution is 2.66. The molecule has 0 N–H and O–H groups in total. The summed E-state index contributed by atoms with van der Waals surface area (Å²) >= 11 is 16.6. The Balaban J connectivity index is 1.63. The lowest BCUT2D eigenvalue weighted by Gasteiger charge is -2.51. The van der Waals surface area contributed by atoms with E-state index in [1.54, 1.807) is 18.2 Å². The second-order valence-electron chi connectivity index (χ2n) is 7.95. The number of carbonyl (C=O) groups is 2. The first-order valence-electron chi connectivity index (χ1n) is 9.65. The van der Waals surface area contributed by atoms with Crippen molar-refractivity contribution in [2.45, 2.75) is 10.2 Å². The molecule has 1 fully saturated rings. The number of benzene rings is 3. The van der Waals surface area contributed by atoms with Gasteiger partial charge in [-0.15, -0.1) is 0 Å². The molecular formula is C24H14BrCl2NO2. The van der Waals surface area contributed by atoms with Crippen LogP contribution in [0.2, 0.25) is 10.0 Å². The smallest absolute Gasteiger partial charge is 0.239 e. The highest BCUT2D eigenvalue weighted by molar-refractivity contribution is 9.09. The van der Waals surface area contributed by atoms with Gasteiger partial charge >= 0.3 is 0 Å². The van der Waals surface area contributed by atoms with Crippen molar-refractivity contribution in [3.8, 4) is 0 Å². The zero-order valence-corrected chi connectivity index (χ0v) is 18.6. The van der Waals surface area contributed by atoms with Crippen LogP contribution in [-0.2, 0) is 13.9 Å². The van der Waals surface area contributed by atoms with Gasteiger partial charge < -0.3 is 0 Å². The average molecular weight is 499 g/mol. The van der Waals surface area contributed by atoms with Crippen LogP contribution in [0, 0.1) is 11.8 Å². The molecule has 2 bridgehead atoms. The van der Waals surface area contributed by atoms with Gasteiger partial charge in [0.05, 0.1) is 31.9 Å². The van der Waals surface area contributed by atoms with Gasteiger partial charge in [0.25, 0.3) is 0 Å². The van der Waals surface area contributed by atoms with Crippen LogP contribution in [0.4, 0.5) is 5.69 Å². The van der Waals surface area contributed by atoms with Gasteiger partial charge in [-0.2, -0.15) is 0 Å². The third kappa shape index (κ3) is 2.07. The summed E-state index contributed by atoms with van der Waals surface area (Å²) in [6.45, 7) is 0. The number of carbonyl (C=O) groups excluding carboxylic acids is 2. The molecule has 1 heterocycles. The summed E-state index contributed by atoms with van der Waals surface area (Å²) in [4.78, 5) is 28.8. The molecule has 3 aromatic carbocycles. The summed E-state index contributed by atoms with van der Waals surface area (Å²) in [5, 5.41) is 0.526. The number of halogens is 3. The number of hydrogen-bond acceptors (Lipinski definition) is 2. The van der Waals surface area contributed by atoms with Gasteiger partial charge in [0.1, 0.15) is 0 Å². The maximum atomic E-state index is 13.8. The molecular weight excluding hydrogens is 485 g/mol. The summed E-state index contributed by atoms with van der Waals surface area (Å²) in [6.07, 6.45) is 0. The lowest BCUT2D eigenvalue weighted by Crippen LogP contribution is -2.50. The molecule has 0 saturated carbocycles. The van der Waals surface area contributed by atoms with Crippen molar-refractivity contribution in [3.05, 3.63) is 99.0 Å². The van der Waals surface area contributed by atoms with Gasteiger partial charge in [-0.25, -0.2) is 4.90 Å². The Morgan fingerprint density at radius 2 is 1.40 bits per heavy atom. The summed E-state index contributed by atoms with van der Waals surface area (Å²) in [7, 11) is 0. The van der Waals surface area contributed by atoms with Crippen LogP contribution in [0.25, 0.3) is 0 Å². The maximum absolute atomic E-state index is 13.8. The molecule has 6 heteroatoms. The van der Waals surface area contributed by atoms with Crippen LogP contribution in [-0.4, -0.2) is 11.8 Å². The van der Waals surface area contributed by atoms with E-state index in [0.717, 1.165) is 22.3 Å². The molecule has 1 aliphatic heterocycles. The molecule has 3 aliphatic carbocycles. The van der Waals surface area contributed by atoms with E-state index in [1.807, 2.05) is 24.3 Å². The minimum Gasteiger partial charge on any atom is -0.274 e. The number of anilines is 1. The summed E-state index contributed by atoms with van der Waals surface area (Å²) in [6, 6.07) is 21.2. The molecule has 1 saturated heterocycles. The third-order valence-electron chi connectivity index (χ3n) is 6.69. The van der Waals surface area contributed by atoms with Gasteiger partial charge in [0, 0.05) is 5.92 Å². The van der Waals surface area contributed by atoms with Crippen LogP contribution >= 0.6 is 39.1 Å². The van der Waals surface area contributed by atoms with Crippen molar-refractivity contribution >= 4 is 56.6 Å². The molecule has 0 spiro atoms. The van der Waals surface area contributed by atoms with E-state index in [1.165, 1.54) is 4.90 Å². The fraction of sp³-hybridized carbons (Fsp3) is 0.167. The van der Waals surface area contributed by atoms with E-state index in [9.17, 15) is 9.59 Å². The van der Waals surface area contributed by atoms with Crippen molar-refractivity contribution in [1.29, 1.82) is 0 Å². The normalized spacial score (nSPS) is 28.4. The molecule has 0 radical (unpaired) electrons. The van der Waals surface area contributed by atoms with Crippen LogP contribution in [0.3, 0.4) is 0 Å². The van der Waals surface area contributed by atoms with E-state index in [-0.39, 0.29) is 22.8 Å². The zero-order valence-electron chi connectivity index (χ0n) is 15.5. The fourth-order valence-electron chi connectivity index (χ4n) is 5.58. The van der Waals surface area contributed by atoms with Gasteiger partial charge in [-0.1, -0.05) is 93.7 Å². The van der Waals surface area contributed by atoms with Crippen LogP contribution in [0.5, 0.6) is 0 Å². The van der Waals surface area contributed by atoms with E-state index in [2.05, 4.69) is 40.2 Å². The molecule has 3 aromatic rings. The van der Waals surface area contributed by atoms with Gasteiger partial charge in [0.2, 0.25) is 11.8 Å². The molecule has 2 amide bonds. The number of rotatable bonds is 1. The van der Waals surface area contributed by atoms with Crippen LogP contribution < -0.4 is 4.90 Å². The van der Waals surface area contributed by atoms with Crippen molar-refractivity contribution < 1.29 is 9.59 Å². The Kier molecular flexibility index (Phi) is 3.84. The van der Waals surface area contributed by atoms with E-state index >= 15 is 0 Å². The van der Waals surface area contributed by atoms with E-state index in [4.69, 9.17) is 23.2 Å². The molecule has 4 aliphatic rings. The van der Waals surface area contributed by atoms with Crippen molar-refractivity contribution in [3.63, 3.8) is 0 Å². The lowest BCUT2D eigenvalue weighted by atomic mass is 9.55. The second kappa shape index (κ2) is 6.19. The quantitative estimate of drug-likeness (QED) is 0.309. The summed E-state index contributed by atoms with van der Waals surface area (Å²) in [5.41, 5.74) is 4.63. The molecule has 3 nitrogen and oxygen atoms in total. The van der Waals surface area contributed by atoms with Gasteiger partial charge in [-0.3, -0.25) is 9.59 Å². The molecule has 148 valence electrons. The topological polar surface area (TPSA) is 37.4 Å². The van der Waals surface area contributed by atoms with Crippen molar-refractivity contribution in [2.24, 2.45) is 11.8 Å². The van der Waals surface area contributed by atoms with Gasteiger partial charge in [-0.05, 0) is 34.4 Å². The Morgan fingerprint density at radius 3 is 2.03 bits per heavy atom. The number of amides is 2. The highest BCUT2D eigenvalue weighted by Gasteiger charge is 2.67. The van der Waals surface area contributed by atoms with Crippen molar-refractivity contribution in [2.75, 3.05) is 4.90 Å². The SMILES string of the molecule is O=C1[C@@H]2[C@@H](C(=O)N1c1cccc(Cl)c1Cl)C1c3ccccc3C2(Br)c2ccccc21. The summed E-state index contributed by atoms with van der Waals surface area (Å²) < 4.78 is -0.772. The first kappa shape index (κ1) is 18.6. The zero-order chi connectivity index (χ0) is 20.8. The minimum absolute atomic E-state index is 0.179. The largest absolute Gasteiger partial charge is 0.274 e. The summed E-state index contributed by atoms with van der Waals surface area (Å²) in [5.74, 6) is -1.72. The first-order valence-corrected chi connectivity index (χ1v) is 11.2. The Labute approximate surface area is 191 Å². The van der Waals surface area contributed by atoms with Crippen LogP contribution in [0.15, 0.2) is 66.7 Å². The second-order valence-corrected chi connectivity index (χ2v) is 9.99. The number of nitrogens with zero attached hydrogens (tertiary/aromatic N) is 1. The monoisotopic (exact) mass is 497 g/mol. The number of imide groups is 1. The average Bonchev–Trinajstić information content (AvgIpc) is 3.02. The maximum Gasteiger partial charge on any atom is 0.239 e. The minimum atomic E-state index is -0.772. The van der Waals surface area contributed by atoms with Crippen LogP contribution in [0.1, 0.15) is 28.2 Å². The lowest BCUT2D eigenvalue weighted by molar-refractivity contribution is -0.122. The predicted molar refractivity (Wildman–Crippen MR) is 120 cm³/mol. The molecule has 0 unspecified atom stereocenters. The van der Waals surface area contributed by atoms with Gasteiger partial charge in [0.15, 0.2) is 0 Å². The highest BCUT2D eigenvalue weighted by atomic mass is 79.9. The predicted octanol–water partition coefficient (Wildman–Crippen LogP) is 5.90. The molecule has 30 heavy (non-hydrogen) atoms. The van der Waals surface area contributed by atoms with E-state index in [0.29, 0.717) is 10.7 Å². The Bertz CT molecular complexity index is 1230.